The van der Waals surface area contributed by atoms with Crippen LogP contribution in [-0.4, -0.2) is 33.9 Å². The van der Waals surface area contributed by atoms with E-state index in [1.807, 2.05) is 61.5 Å². The van der Waals surface area contributed by atoms with Gasteiger partial charge < -0.3 is 21.7 Å². The number of benzene rings is 2. The molecule has 35 heavy (non-hydrogen) atoms. The van der Waals surface area contributed by atoms with E-state index in [1.165, 1.54) is 6.20 Å². The normalized spacial score (nSPS) is 17.6. The van der Waals surface area contributed by atoms with Crippen molar-refractivity contribution in [1.29, 1.82) is 0 Å². The predicted octanol–water partition coefficient (Wildman–Crippen LogP) is 4.18. The minimum absolute atomic E-state index is 0.0379. The Morgan fingerprint density at radius 1 is 1.03 bits per heavy atom. The molecule has 180 valence electrons. The molecule has 1 saturated carbocycles. The molecule has 0 radical (unpaired) electrons. The Hall–Kier alpha value is -4.20. The summed E-state index contributed by atoms with van der Waals surface area (Å²) in [5, 5.41) is 9.65. The highest BCUT2D eigenvalue weighted by Gasteiger charge is 2.27. The van der Waals surface area contributed by atoms with Crippen LogP contribution in [0.25, 0.3) is 6.08 Å². The van der Waals surface area contributed by atoms with E-state index >= 15 is 0 Å². The summed E-state index contributed by atoms with van der Waals surface area (Å²) >= 11 is 0. The summed E-state index contributed by atoms with van der Waals surface area (Å²) in [6.07, 6.45) is 8.59. The number of primary amides is 1. The van der Waals surface area contributed by atoms with Crippen molar-refractivity contribution in [3.63, 3.8) is 0 Å². The number of nitrogens with two attached hydrogens (primary N) is 1. The second-order valence-electron chi connectivity index (χ2n) is 8.71. The number of hydrogen-bond acceptors (Lipinski definition) is 6. The van der Waals surface area contributed by atoms with Crippen molar-refractivity contribution in [1.82, 2.24) is 15.3 Å². The second kappa shape index (κ2) is 11.3. The van der Waals surface area contributed by atoms with Gasteiger partial charge in [0.05, 0.1) is 0 Å². The lowest BCUT2D eigenvalue weighted by molar-refractivity contribution is -0.117. The van der Waals surface area contributed by atoms with Gasteiger partial charge in [-0.05, 0) is 49.1 Å². The van der Waals surface area contributed by atoms with Crippen LogP contribution in [0.2, 0.25) is 0 Å². The number of nitrogens with one attached hydrogen (secondary N) is 3. The third-order valence-electron chi connectivity index (χ3n) is 5.97. The van der Waals surface area contributed by atoms with Gasteiger partial charge in [0.2, 0.25) is 11.9 Å². The zero-order chi connectivity index (χ0) is 24.6. The van der Waals surface area contributed by atoms with Crippen molar-refractivity contribution in [2.75, 3.05) is 10.6 Å². The van der Waals surface area contributed by atoms with E-state index in [4.69, 9.17) is 5.73 Å². The lowest BCUT2D eigenvalue weighted by Gasteiger charge is -2.32. The number of amides is 2. The van der Waals surface area contributed by atoms with Crippen LogP contribution >= 0.6 is 0 Å². The number of aromatic nitrogens is 2. The molecule has 8 nitrogen and oxygen atoms in total. The molecule has 1 fully saturated rings. The van der Waals surface area contributed by atoms with E-state index in [1.54, 1.807) is 12.2 Å². The van der Waals surface area contributed by atoms with Crippen molar-refractivity contribution < 1.29 is 9.59 Å². The topological polar surface area (TPSA) is 122 Å². The highest BCUT2D eigenvalue weighted by atomic mass is 16.1. The monoisotopic (exact) mass is 470 g/mol. The van der Waals surface area contributed by atoms with Crippen molar-refractivity contribution in [2.45, 2.75) is 44.7 Å². The summed E-state index contributed by atoms with van der Waals surface area (Å²) in [4.78, 5) is 33.4. The van der Waals surface area contributed by atoms with E-state index in [-0.39, 0.29) is 23.6 Å². The van der Waals surface area contributed by atoms with Crippen LogP contribution in [0.1, 0.15) is 47.2 Å². The van der Waals surface area contributed by atoms with Gasteiger partial charge in [-0.1, -0.05) is 55.3 Å². The van der Waals surface area contributed by atoms with E-state index in [0.29, 0.717) is 11.8 Å². The molecule has 0 aliphatic heterocycles. The standard InChI is InChI=1S/C27H30N6O2/c1-18-8-7-11-20(16-18)30-26-21(25(28)35)17-29-27(33-26)32-23-13-6-5-12-22(23)31-24(34)15-14-19-9-3-2-4-10-19/h2-4,7-11,14-17,22-23H,5-6,12-13H2,1H3,(H2,28,35)(H,31,34)(H2,29,30,32,33). The number of anilines is 3. The molecular weight excluding hydrogens is 440 g/mol. The van der Waals surface area contributed by atoms with Crippen molar-refractivity contribution in [3.8, 4) is 0 Å². The fraction of sp³-hybridized carbons (Fsp3) is 0.259. The van der Waals surface area contributed by atoms with Crippen LogP contribution in [0.5, 0.6) is 0 Å². The molecule has 1 aliphatic rings. The Labute approximate surface area is 205 Å². The van der Waals surface area contributed by atoms with Gasteiger partial charge in [-0.25, -0.2) is 4.98 Å². The van der Waals surface area contributed by atoms with Gasteiger partial charge in [0.25, 0.3) is 5.91 Å². The molecule has 2 atom stereocenters. The molecule has 5 N–H and O–H groups in total. The first-order valence-corrected chi connectivity index (χ1v) is 11.8. The largest absolute Gasteiger partial charge is 0.365 e. The predicted molar refractivity (Wildman–Crippen MR) is 138 cm³/mol. The number of carbonyl (C=O) groups is 2. The van der Waals surface area contributed by atoms with Gasteiger partial charge in [-0.3, -0.25) is 9.59 Å². The first-order valence-electron chi connectivity index (χ1n) is 11.8. The summed E-state index contributed by atoms with van der Waals surface area (Å²) < 4.78 is 0. The minimum atomic E-state index is -0.611. The summed E-state index contributed by atoms with van der Waals surface area (Å²) in [5.74, 6) is -0.0435. The smallest absolute Gasteiger partial charge is 0.254 e. The molecule has 4 rings (SSSR count). The fourth-order valence-corrected chi connectivity index (χ4v) is 4.20. The maximum absolute atomic E-state index is 12.6. The van der Waals surface area contributed by atoms with Crippen LogP contribution in [0, 0.1) is 6.92 Å². The van der Waals surface area contributed by atoms with E-state index in [9.17, 15) is 9.59 Å². The number of carbonyl (C=O) groups excluding carboxylic acids is 2. The van der Waals surface area contributed by atoms with Crippen molar-refractivity contribution >= 4 is 35.3 Å². The van der Waals surface area contributed by atoms with E-state index < -0.39 is 5.91 Å². The molecule has 2 unspecified atom stereocenters. The SMILES string of the molecule is Cc1cccc(Nc2nc(NC3CCCCC3NC(=O)C=Cc3ccccc3)ncc2C(N)=O)c1. The highest BCUT2D eigenvalue weighted by molar-refractivity contribution is 5.98. The lowest BCUT2D eigenvalue weighted by Crippen LogP contribution is -2.48. The molecule has 0 bridgehead atoms. The lowest BCUT2D eigenvalue weighted by atomic mass is 9.90. The van der Waals surface area contributed by atoms with Crippen LogP contribution < -0.4 is 21.7 Å². The van der Waals surface area contributed by atoms with Crippen LogP contribution in [-0.2, 0) is 4.79 Å². The quantitative estimate of drug-likeness (QED) is 0.366. The number of aryl methyl sites for hydroxylation is 1. The number of rotatable bonds is 8. The summed E-state index contributed by atoms with van der Waals surface area (Å²) in [6.45, 7) is 1.99. The maximum atomic E-state index is 12.6. The Kier molecular flexibility index (Phi) is 7.72. The first kappa shape index (κ1) is 23.9. The molecular formula is C27H30N6O2. The number of hydrogen-bond donors (Lipinski definition) is 4. The van der Waals surface area contributed by atoms with Gasteiger partial charge in [0, 0.05) is 30.0 Å². The zero-order valence-corrected chi connectivity index (χ0v) is 19.7. The molecule has 1 heterocycles. The van der Waals surface area contributed by atoms with Gasteiger partial charge >= 0.3 is 0 Å². The third kappa shape index (κ3) is 6.66. The van der Waals surface area contributed by atoms with Gasteiger partial charge in [-0.2, -0.15) is 4.98 Å². The van der Waals surface area contributed by atoms with Crippen LogP contribution in [0.4, 0.5) is 17.5 Å². The average molecular weight is 471 g/mol. The van der Waals surface area contributed by atoms with Gasteiger partial charge in [-0.15, -0.1) is 0 Å². The Morgan fingerprint density at radius 2 is 1.80 bits per heavy atom. The van der Waals surface area contributed by atoms with E-state index in [2.05, 4.69) is 25.9 Å². The molecule has 1 aliphatic carbocycles. The second-order valence-corrected chi connectivity index (χ2v) is 8.71. The maximum Gasteiger partial charge on any atom is 0.254 e. The van der Waals surface area contributed by atoms with Crippen LogP contribution in [0.3, 0.4) is 0 Å². The molecule has 0 spiro atoms. The van der Waals surface area contributed by atoms with Gasteiger partial charge in [0.1, 0.15) is 11.4 Å². The molecule has 8 heteroatoms. The average Bonchev–Trinajstić information content (AvgIpc) is 2.85. The number of nitrogens with zero attached hydrogens (tertiary/aromatic N) is 2. The Balaban J connectivity index is 1.47. The minimum Gasteiger partial charge on any atom is -0.365 e. The highest BCUT2D eigenvalue weighted by Crippen LogP contribution is 2.24. The summed E-state index contributed by atoms with van der Waals surface area (Å²) in [5.41, 5.74) is 8.59. The van der Waals surface area contributed by atoms with Crippen molar-refractivity contribution in [3.05, 3.63) is 83.6 Å². The fourth-order valence-electron chi connectivity index (χ4n) is 4.20. The van der Waals surface area contributed by atoms with E-state index in [0.717, 1.165) is 42.5 Å². The Bertz CT molecular complexity index is 1210. The molecule has 0 saturated heterocycles. The van der Waals surface area contributed by atoms with Crippen molar-refractivity contribution in [2.24, 2.45) is 5.73 Å². The molecule has 3 aromatic rings. The Morgan fingerprint density at radius 3 is 2.54 bits per heavy atom. The first-order chi connectivity index (χ1) is 17.0. The molecule has 2 aromatic carbocycles. The summed E-state index contributed by atoms with van der Waals surface area (Å²) in [7, 11) is 0. The zero-order valence-electron chi connectivity index (χ0n) is 19.7. The third-order valence-corrected chi connectivity index (χ3v) is 5.97. The summed E-state index contributed by atoms with van der Waals surface area (Å²) in [6, 6.07) is 17.4. The molecule has 1 aromatic heterocycles. The van der Waals surface area contributed by atoms with Crippen LogP contribution in [0.15, 0.2) is 66.9 Å². The van der Waals surface area contributed by atoms with Gasteiger partial charge in [0.15, 0.2) is 0 Å². The molecule has 2 amide bonds.